The van der Waals surface area contributed by atoms with Gasteiger partial charge < -0.3 is 19.7 Å². The summed E-state index contributed by atoms with van der Waals surface area (Å²) in [4.78, 5) is 0. The summed E-state index contributed by atoms with van der Waals surface area (Å²) in [7, 11) is 0. The highest BCUT2D eigenvalue weighted by Gasteiger charge is 1.85. The predicted octanol–water partition coefficient (Wildman–Crippen LogP) is 1.59. The van der Waals surface area contributed by atoms with Crippen molar-refractivity contribution < 1.29 is 19.7 Å². The molecule has 0 aliphatic rings. The second-order valence-corrected chi connectivity index (χ2v) is 3.32. The lowest BCUT2D eigenvalue weighted by Crippen LogP contribution is -2.03. The monoisotopic (exact) mass is 236 g/mol. The van der Waals surface area contributed by atoms with E-state index in [1.54, 1.807) is 0 Å². The summed E-state index contributed by atoms with van der Waals surface area (Å²) < 4.78 is 9.81. The van der Waals surface area contributed by atoms with Crippen LogP contribution >= 0.6 is 0 Å². The van der Waals surface area contributed by atoms with Crippen molar-refractivity contribution in [3.05, 3.63) is 0 Å². The van der Waals surface area contributed by atoms with Crippen LogP contribution in [-0.4, -0.2) is 49.9 Å². The Labute approximate surface area is 99.6 Å². The molecule has 0 aromatic carbocycles. The fraction of sp³-hybridized carbons (Fsp3) is 1.00. The molecule has 0 rings (SSSR count). The maximum atomic E-state index is 8.09. The van der Waals surface area contributed by atoms with Crippen LogP contribution in [0.5, 0.6) is 0 Å². The van der Waals surface area contributed by atoms with Gasteiger partial charge in [-0.25, -0.2) is 0 Å². The standard InChI is InChI=1S/C8H18O.C4H10O3/c1-3-5-6-7-8-9-4-2;5-1-3-7-4-2-6/h3-8H2,1-2H3;5-6H,1-4H2. The molecule has 4 heteroatoms. The number of hydrogen-bond acceptors (Lipinski definition) is 4. The van der Waals surface area contributed by atoms with Crippen LogP contribution < -0.4 is 0 Å². The van der Waals surface area contributed by atoms with E-state index in [1.165, 1.54) is 25.7 Å². The number of hydrogen-bond donors (Lipinski definition) is 2. The first-order valence-electron chi connectivity index (χ1n) is 6.20. The Hall–Kier alpha value is -0.160. The van der Waals surface area contributed by atoms with Crippen molar-refractivity contribution >= 4 is 0 Å². The Morgan fingerprint density at radius 3 is 1.81 bits per heavy atom. The first kappa shape index (κ1) is 18.2. The maximum absolute atomic E-state index is 8.09. The summed E-state index contributed by atoms with van der Waals surface area (Å²) in [5, 5.41) is 16.2. The summed E-state index contributed by atoms with van der Waals surface area (Å²) in [6.45, 7) is 6.78. The van der Waals surface area contributed by atoms with Crippen molar-refractivity contribution in [2.45, 2.75) is 39.5 Å². The van der Waals surface area contributed by atoms with E-state index in [4.69, 9.17) is 14.9 Å². The summed E-state index contributed by atoms with van der Waals surface area (Å²) >= 11 is 0. The molecule has 100 valence electrons. The molecule has 0 radical (unpaired) electrons. The van der Waals surface area contributed by atoms with Crippen molar-refractivity contribution in [3.63, 3.8) is 0 Å². The van der Waals surface area contributed by atoms with Crippen LogP contribution in [-0.2, 0) is 9.47 Å². The molecule has 0 unspecified atom stereocenters. The van der Waals surface area contributed by atoms with Crippen molar-refractivity contribution in [1.82, 2.24) is 0 Å². The van der Waals surface area contributed by atoms with E-state index in [1.807, 2.05) is 6.92 Å². The third-order valence-electron chi connectivity index (χ3n) is 1.82. The molecule has 0 aromatic heterocycles. The number of rotatable bonds is 10. The summed E-state index contributed by atoms with van der Waals surface area (Å²) in [5.74, 6) is 0. The Bertz CT molecular complexity index is 89.0. The normalized spacial score (nSPS) is 9.75. The molecule has 0 atom stereocenters. The minimum Gasteiger partial charge on any atom is -0.394 e. The van der Waals surface area contributed by atoms with Crippen molar-refractivity contribution in [2.75, 3.05) is 39.6 Å². The zero-order chi connectivity index (χ0) is 12.5. The minimum absolute atomic E-state index is 0.0278. The SMILES string of the molecule is CCCCCCOCC.OCCOCCO. The van der Waals surface area contributed by atoms with Crippen LogP contribution in [0.4, 0.5) is 0 Å². The molecule has 0 aliphatic heterocycles. The molecule has 4 nitrogen and oxygen atoms in total. The summed E-state index contributed by atoms with van der Waals surface area (Å²) in [6, 6.07) is 0. The largest absolute Gasteiger partial charge is 0.394 e. The smallest absolute Gasteiger partial charge is 0.0698 e. The fourth-order valence-corrected chi connectivity index (χ4v) is 1.01. The number of ether oxygens (including phenoxy) is 2. The van der Waals surface area contributed by atoms with Crippen LogP contribution in [0.3, 0.4) is 0 Å². The molecular weight excluding hydrogens is 208 g/mol. The average molecular weight is 236 g/mol. The Morgan fingerprint density at radius 1 is 0.750 bits per heavy atom. The number of unbranched alkanes of at least 4 members (excludes halogenated alkanes) is 3. The Morgan fingerprint density at radius 2 is 1.38 bits per heavy atom. The van der Waals surface area contributed by atoms with E-state index < -0.39 is 0 Å². The number of aliphatic hydroxyl groups is 2. The molecule has 0 amide bonds. The molecule has 0 fully saturated rings. The van der Waals surface area contributed by atoms with Gasteiger partial charge in [-0.2, -0.15) is 0 Å². The molecule has 0 bridgehead atoms. The second-order valence-electron chi connectivity index (χ2n) is 3.32. The quantitative estimate of drug-likeness (QED) is 0.566. The van der Waals surface area contributed by atoms with Gasteiger partial charge >= 0.3 is 0 Å². The second kappa shape index (κ2) is 20.3. The van der Waals surface area contributed by atoms with E-state index in [-0.39, 0.29) is 13.2 Å². The van der Waals surface area contributed by atoms with Crippen LogP contribution in [0, 0.1) is 0 Å². The van der Waals surface area contributed by atoms with Crippen LogP contribution in [0.15, 0.2) is 0 Å². The molecule has 0 aromatic rings. The van der Waals surface area contributed by atoms with E-state index in [0.717, 1.165) is 13.2 Å². The summed E-state index contributed by atoms with van der Waals surface area (Å²) in [6.07, 6.45) is 5.23. The predicted molar refractivity (Wildman–Crippen MR) is 65.6 cm³/mol. The molecule has 0 saturated carbocycles. The average Bonchev–Trinajstić information content (AvgIpc) is 2.31. The zero-order valence-electron chi connectivity index (χ0n) is 10.8. The number of aliphatic hydroxyl groups excluding tert-OH is 2. The van der Waals surface area contributed by atoms with Gasteiger partial charge in [0.1, 0.15) is 0 Å². The topological polar surface area (TPSA) is 58.9 Å². The lowest BCUT2D eigenvalue weighted by molar-refractivity contribution is 0.0650. The minimum atomic E-state index is 0.0278. The molecule has 0 aliphatic carbocycles. The first-order chi connectivity index (χ1) is 7.83. The van der Waals surface area contributed by atoms with Gasteiger partial charge in [0.2, 0.25) is 0 Å². The highest BCUT2D eigenvalue weighted by atomic mass is 16.5. The van der Waals surface area contributed by atoms with Crippen molar-refractivity contribution in [2.24, 2.45) is 0 Å². The van der Waals surface area contributed by atoms with Gasteiger partial charge in [0.15, 0.2) is 0 Å². The molecule has 0 heterocycles. The lowest BCUT2D eigenvalue weighted by Gasteiger charge is -1.98. The van der Waals surface area contributed by atoms with Crippen LogP contribution in [0.1, 0.15) is 39.5 Å². The maximum Gasteiger partial charge on any atom is 0.0698 e. The molecule has 0 saturated heterocycles. The van der Waals surface area contributed by atoms with Crippen molar-refractivity contribution in [3.8, 4) is 0 Å². The lowest BCUT2D eigenvalue weighted by atomic mass is 10.2. The third-order valence-corrected chi connectivity index (χ3v) is 1.82. The van der Waals surface area contributed by atoms with E-state index in [0.29, 0.717) is 13.2 Å². The van der Waals surface area contributed by atoms with Crippen LogP contribution in [0.2, 0.25) is 0 Å². The molecule has 16 heavy (non-hydrogen) atoms. The van der Waals surface area contributed by atoms with E-state index >= 15 is 0 Å². The van der Waals surface area contributed by atoms with Gasteiger partial charge in [-0.3, -0.25) is 0 Å². The van der Waals surface area contributed by atoms with E-state index in [2.05, 4.69) is 11.7 Å². The molecule has 2 N–H and O–H groups in total. The van der Waals surface area contributed by atoms with Gasteiger partial charge in [0.05, 0.1) is 26.4 Å². The zero-order valence-corrected chi connectivity index (χ0v) is 10.8. The van der Waals surface area contributed by atoms with Gasteiger partial charge in [0, 0.05) is 13.2 Å². The third kappa shape index (κ3) is 23.6. The van der Waals surface area contributed by atoms with E-state index in [9.17, 15) is 0 Å². The Kier molecular flexibility index (Phi) is 23.1. The summed E-state index contributed by atoms with van der Waals surface area (Å²) in [5.41, 5.74) is 0. The van der Waals surface area contributed by atoms with Gasteiger partial charge in [-0.05, 0) is 13.3 Å². The van der Waals surface area contributed by atoms with Gasteiger partial charge in [0.25, 0.3) is 0 Å². The molecule has 0 spiro atoms. The Balaban J connectivity index is 0. The van der Waals surface area contributed by atoms with Crippen molar-refractivity contribution in [1.29, 1.82) is 0 Å². The highest BCUT2D eigenvalue weighted by molar-refractivity contribution is 4.37. The van der Waals surface area contributed by atoms with Crippen LogP contribution in [0.25, 0.3) is 0 Å². The molecular formula is C12H28O4. The highest BCUT2D eigenvalue weighted by Crippen LogP contribution is 1.98. The van der Waals surface area contributed by atoms with Gasteiger partial charge in [-0.1, -0.05) is 26.2 Å². The fourth-order valence-electron chi connectivity index (χ4n) is 1.01. The first-order valence-corrected chi connectivity index (χ1v) is 6.20. The van der Waals surface area contributed by atoms with Gasteiger partial charge in [-0.15, -0.1) is 0 Å².